The van der Waals surface area contributed by atoms with Crippen molar-refractivity contribution in [3.8, 4) is 6.07 Å². The second kappa shape index (κ2) is 7.39. The Labute approximate surface area is 181 Å². The minimum atomic E-state index is -0.107. The van der Waals surface area contributed by atoms with E-state index < -0.39 is 0 Å². The zero-order chi connectivity index (χ0) is 20.7. The van der Waals surface area contributed by atoms with Crippen molar-refractivity contribution < 1.29 is 4.79 Å². The molecule has 1 N–H and O–H groups in total. The standard InChI is InChI=1S/C23H16BrN5O/c24-17-6-3-9-26-19(17)11-21-15-4-1-2-5-16(15)23(30)29(21)13-14-7-8-18-20(10-14)28-22(12-25)27-18/h1-10,21H,11,13H2,(H,27,28). The van der Waals surface area contributed by atoms with Gasteiger partial charge in [0.15, 0.2) is 0 Å². The van der Waals surface area contributed by atoms with Gasteiger partial charge >= 0.3 is 0 Å². The molecule has 0 saturated carbocycles. The number of halogens is 1. The smallest absolute Gasteiger partial charge is 0.255 e. The van der Waals surface area contributed by atoms with Crippen molar-refractivity contribution in [3.63, 3.8) is 0 Å². The van der Waals surface area contributed by atoms with Gasteiger partial charge in [0.05, 0.1) is 22.8 Å². The van der Waals surface area contributed by atoms with E-state index in [0.717, 1.165) is 37.9 Å². The molecule has 0 bridgehead atoms. The molecule has 30 heavy (non-hydrogen) atoms. The molecule has 1 unspecified atom stereocenters. The van der Waals surface area contributed by atoms with Crippen LogP contribution in [0.15, 0.2) is 65.3 Å². The molecule has 0 radical (unpaired) electrons. The number of carbonyl (C=O) groups is 1. The number of H-pyrrole nitrogens is 1. The molecule has 0 fully saturated rings. The van der Waals surface area contributed by atoms with Gasteiger partial charge in [-0.2, -0.15) is 5.26 Å². The van der Waals surface area contributed by atoms with Crippen molar-refractivity contribution in [3.05, 3.63) is 93.5 Å². The Morgan fingerprint density at radius 3 is 2.87 bits per heavy atom. The Morgan fingerprint density at radius 1 is 1.17 bits per heavy atom. The van der Waals surface area contributed by atoms with Crippen LogP contribution in [-0.4, -0.2) is 25.8 Å². The molecule has 1 aliphatic rings. The molecule has 1 amide bonds. The largest absolute Gasteiger partial charge is 0.329 e. The molecule has 0 saturated heterocycles. The fourth-order valence-corrected chi connectivity index (χ4v) is 4.42. The number of amides is 1. The van der Waals surface area contributed by atoms with Crippen molar-refractivity contribution in [2.45, 2.75) is 19.0 Å². The number of aromatic amines is 1. The summed E-state index contributed by atoms with van der Waals surface area (Å²) in [6, 6.07) is 19.3. The predicted octanol–water partition coefficient (Wildman–Crippen LogP) is 4.53. The van der Waals surface area contributed by atoms with Crippen molar-refractivity contribution in [2.24, 2.45) is 0 Å². The van der Waals surface area contributed by atoms with Gasteiger partial charge in [-0.25, -0.2) is 4.98 Å². The van der Waals surface area contributed by atoms with Crippen LogP contribution in [0.1, 0.15) is 39.0 Å². The predicted molar refractivity (Wildman–Crippen MR) is 116 cm³/mol. The first kappa shape index (κ1) is 18.5. The number of rotatable bonds is 4. The SMILES string of the molecule is N#Cc1nc2cc(CN3C(=O)c4ccccc4C3Cc3ncccc3Br)ccc2[nH]1. The number of fused-ring (bicyclic) bond motifs is 2. The summed E-state index contributed by atoms with van der Waals surface area (Å²) >= 11 is 3.58. The zero-order valence-corrected chi connectivity index (χ0v) is 17.4. The number of hydrogen-bond donors (Lipinski definition) is 1. The maximum absolute atomic E-state index is 13.2. The molecule has 6 nitrogen and oxygen atoms in total. The fourth-order valence-electron chi connectivity index (χ4n) is 4.00. The van der Waals surface area contributed by atoms with Gasteiger partial charge in [0.25, 0.3) is 5.91 Å². The van der Waals surface area contributed by atoms with E-state index in [0.29, 0.717) is 13.0 Å². The summed E-state index contributed by atoms with van der Waals surface area (Å²) in [5.74, 6) is 0.298. The lowest BCUT2D eigenvalue weighted by Crippen LogP contribution is -2.29. The van der Waals surface area contributed by atoms with Gasteiger partial charge in [0, 0.05) is 29.2 Å². The van der Waals surface area contributed by atoms with Gasteiger partial charge in [0.2, 0.25) is 5.82 Å². The van der Waals surface area contributed by atoms with Crippen LogP contribution in [0.3, 0.4) is 0 Å². The van der Waals surface area contributed by atoms with E-state index in [1.54, 1.807) is 6.20 Å². The molecule has 5 rings (SSSR count). The second-order valence-corrected chi connectivity index (χ2v) is 8.08. The van der Waals surface area contributed by atoms with Crippen molar-refractivity contribution in [2.75, 3.05) is 0 Å². The summed E-state index contributed by atoms with van der Waals surface area (Å²) in [5, 5.41) is 9.06. The van der Waals surface area contributed by atoms with Crippen LogP contribution in [-0.2, 0) is 13.0 Å². The van der Waals surface area contributed by atoms with E-state index in [9.17, 15) is 4.79 Å². The minimum Gasteiger partial charge on any atom is -0.329 e. The molecule has 4 aromatic rings. The van der Waals surface area contributed by atoms with Crippen LogP contribution >= 0.6 is 15.9 Å². The molecule has 1 atom stereocenters. The molecule has 7 heteroatoms. The summed E-state index contributed by atoms with van der Waals surface area (Å²) in [7, 11) is 0. The number of aromatic nitrogens is 3. The first-order valence-electron chi connectivity index (χ1n) is 9.52. The molecule has 146 valence electrons. The second-order valence-electron chi connectivity index (χ2n) is 7.22. The summed E-state index contributed by atoms with van der Waals surface area (Å²) < 4.78 is 0.934. The van der Waals surface area contributed by atoms with Crippen molar-refractivity contribution >= 4 is 32.9 Å². The molecular weight excluding hydrogens is 442 g/mol. The molecule has 1 aliphatic heterocycles. The molecule has 3 heterocycles. The number of imidazole rings is 1. The third kappa shape index (κ3) is 3.15. The van der Waals surface area contributed by atoms with Gasteiger partial charge in [-0.3, -0.25) is 9.78 Å². The molecule has 2 aromatic heterocycles. The third-order valence-electron chi connectivity index (χ3n) is 5.41. The lowest BCUT2D eigenvalue weighted by molar-refractivity contribution is 0.0708. The Balaban J connectivity index is 1.51. The lowest BCUT2D eigenvalue weighted by Gasteiger charge is -2.26. The van der Waals surface area contributed by atoms with Gasteiger partial charge in [-0.05, 0) is 57.4 Å². The minimum absolute atomic E-state index is 0.0162. The summed E-state index contributed by atoms with van der Waals surface area (Å²) in [6.45, 7) is 0.452. The number of nitrogens with zero attached hydrogens (tertiary/aromatic N) is 4. The number of nitriles is 1. The third-order valence-corrected chi connectivity index (χ3v) is 6.14. The molecule has 0 spiro atoms. The number of nitrogens with one attached hydrogen (secondary N) is 1. The normalized spacial score (nSPS) is 15.4. The van der Waals surface area contributed by atoms with E-state index >= 15 is 0 Å². The monoisotopic (exact) mass is 457 g/mol. The quantitative estimate of drug-likeness (QED) is 0.487. The van der Waals surface area contributed by atoms with Gasteiger partial charge in [-0.1, -0.05) is 24.3 Å². The summed E-state index contributed by atoms with van der Waals surface area (Å²) in [5.41, 5.74) is 5.16. The average Bonchev–Trinajstić information content (AvgIpc) is 3.29. The molecule has 2 aromatic carbocycles. The maximum Gasteiger partial charge on any atom is 0.255 e. The summed E-state index contributed by atoms with van der Waals surface area (Å²) in [4.78, 5) is 26.9. The zero-order valence-electron chi connectivity index (χ0n) is 15.8. The topological polar surface area (TPSA) is 85.7 Å². The Kier molecular flexibility index (Phi) is 4.57. The number of pyridine rings is 1. The van der Waals surface area contributed by atoms with Crippen molar-refractivity contribution in [1.82, 2.24) is 19.9 Å². The Hall–Kier alpha value is -3.50. The van der Waals surface area contributed by atoms with E-state index in [1.807, 2.05) is 65.6 Å². The van der Waals surface area contributed by atoms with E-state index in [1.165, 1.54) is 0 Å². The van der Waals surface area contributed by atoms with Gasteiger partial charge in [0.1, 0.15) is 6.07 Å². The van der Waals surface area contributed by atoms with Crippen LogP contribution in [0.4, 0.5) is 0 Å². The van der Waals surface area contributed by atoms with Gasteiger partial charge in [-0.15, -0.1) is 0 Å². The number of hydrogen-bond acceptors (Lipinski definition) is 4. The number of carbonyl (C=O) groups excluding carboxylic acids is 1. The van der Waals surface area contributed by atoms with Crippen LogP contribution < -0.4 is 0 Å². The first-order valence-corrected chi connectivity index (χ1v) is 10.3. The molecule has 0 aliphatic carbocycles. The summed E-state index contributed by atoms with van der Waals surface area (Å²) in [6.07, 6.45) is 2.39. The highest BCUT2D eigenvalue weighted by atomic mass is 79.9. The highest BCUT2D eigenvalue weighted by molar-refractivity contribution is 9.10. The van der Waals surface area contributed by atoms with Crippen LogP contribution in [0.25, 0.3) is 11.0 Å². The lowest BCUT2D eigenvalue weighted by atomic mass is 10.0. The Bertz CT molecular complexity index is 1320. The highest BCUT2D eigenvalue weighted by Crippen LogP contribution is 2.37. The van der Waals surface area contributed by atoms with E-state index in [2.05, 4.69) is 30.9 Å². The Morgan fingerprint density at radius 2 is 2.03 bits per heavy atom. The van der Waals surface area contributed by atoms with Crippen LogP contribution in [0, 0.1) is 11.3 Å². The first-order chi connectivity index (χ1) is 14.6. The average molecular weight is 458 g/mol. The highest BCUT2D eigenvalue weighted by Gasteiger charge is 2.36. The number of benzene rings is 2. The van der Waals surface area contributed by atoms with Crippen molar-refractivity contribution in [1.29, 1.82) is 5.26 Å². The van der Waals surface area contributed by atoms with E-state index in [-0.39, 0.29) is 17.8 Å². The van der Waals surface area contributed by atoms with Gasteiger partial charge < -0.3 is 9.88 Å². The molecular formula is C23H16BrN5O. The van der Waals surface area contributed by atoms with Crippen LogP contribution in [0.2, 0.25) is 0 Å². The maximum atomic E-state index is 13.2. The van der Waals surface area contributed by atoms with Crippen LogP contribution in [0.5, 0.6) is 0 Å². The fraction of sp³-hybridized carbons (Fsp3) is 0.130. The van der Waals surface area contributed by atoms with E-state index in [4.69, 9.17) is 5.26 Å².